The second kappa shape index (κ2) is 5.90. The van der Waals surface area contributed by atoms with E-state index in [0.717, 1.165) is 17.0 Å². The molecule has 1 fully saturated rings. The molecule has 2 aromatic rings. The standard InChI is InChI=1S/C20H23N3OS/c1-19(2)14-9-11-20(19,3)17-16(14)22-23-18(21-17)25-12-10-15(24)13-7-5-4-6-8-13/h4-8,14H,9-12H2,1-3H3/t14-,20+/m1/s1. The number of rotatable bonds is 5. The van der Waals surface area contributed by atoms with Gasteiger partial charge in [0, 0.05) is 29.1 Å². The minimum Gasteiger partial charge on any atom is -0.294 e. The number of nitrogens with zero attached hydrogens (tertiary/aromatic N) is 3. The van der Waals surface area contributed by atoms with E-state index in [0.29, 0.717) is 23.2 Å². The van der Waals surface area contributed by atoms with Gasteiger partial charge in [0.1, 0.15) is 0 Å². The Kier molecular flexibility index (Phi) is 3.95. The molecular formula is C20H23N3OS. The summed E-state index contributed by atoms with van der Waals surface area (Å²) in [5.74, 6) is 1.32. The molecule has 1 heterocycles. The van der Waals surface area contributed by atoms with E-state index in [4.69, 9.17) is 4.98 Å². The Balaban J connectivity index is 1.45. The molecule has 0 spiro atoms. The second-order valence-electron chi connectivity index (χ2n) is 7.86. The molecule has 0 radical (unpaired) electrons. The number of ketones is 1. The van der Waals surface area contributed by atoms with E-state index >= 15 is 0 Å². The first-order valence-electron chi connectivity index (χ1n) is 8.89. The minimum atomic E-state index is 0.0953. The normalized spacial score (nSPS) is 25.8. The fraction of sp³-hybridized carbons (Fsp3) is 0.500. The van der Waals surface area contributed by atoms with Crippen molar-refractivity contribution in [1.29, 1.82) is 0 Å². The summed E-state index contributed by atoms with van der Waals surface area (Å²) in [5.41, 5.74) is 3.30. The predicted molar refractivity (Wildman–Crippen MR) is 99.0 cm³/mol. The first kappa shape index (κ1) is 16.7. The van der Waals surface area contributed by atoms with Crippen LogP contribution in [0.2, 0.25) is 0 Å². The van der Waals surface area contributed by atoms with Crippen molar-refractivity contribution < 1.29 is 4.79 Å². The van der Waals surface area contributed by atoms with E-state index in [9.17, 15) is 4.79 Å². The third kappa shape index (κ3) is 2.51. The molecule has 0 N–H and O–H groups in total. The van der Waals surface area contributed by atoms with Gasteiger partial charge < -0.3 is 0 Å². The molecule has 1 aromatic carbocycles. The summed E-state index contributed by atoms with van der Waals surface area (Å²) in [6.45, 7) is 6.99. The van der Waals surface area contributed by atoms with Crippen LogP contribution in [0.1, 0.15) is 67.7 Å². The number of thioether (sulfide) groups is 1. The third-order valence-corrected chi connectivity index (χ3v) is 7.27. The maximum atomic E-state index is 12.2. The Hall–Kier alpha value is -1.75. The maximum Gasteiger partial charge on any atom is 0.209 e. The highest BCUT2D eigenvalue weighted by atomic mass is 32.2. The van der Waals surface area contributed by atoms with Crippen molar-refractivity contribution >= 4 is 17.5 Å². The second-order valence-corrected chi connectivity index (χ2v) is 8.92. The van der Waals surface area contributed by atoms with Gasteiger partial charge in [0.2, 0.25) is 5.16 Å². The van der Waals surface area contributed by atoms with E-state index in [1.165, 1.54) is 24.6 Å². The summed E-state index contributed by atoms with van der Waals surface area (Å²) >= 11 is 1.53. The van der Waals surface area contributed by atoms with Crippen molar-refractivity contribution in [3.63, 3.8) is 0 Å². The van der Waals surface area contributed by atoms with Crippen LogP contribution < -0.4 is 0 Å². The van der Waals surface area contributed by atoms with Gasteiger partial charge in [-0.3, -0.25) is 4.79 Å². The van der Waals surface area contributed by atoms with Gasteiger partial charge in [-0.05, 0) is 18.3 Å². The zero-order valence-electron chi connectivity index (χ0n) is 15.0. The summed E-state index contributed by atoms with van der Waals surface area (Å²) in [6.07, 6.45) is 2.85. The fourth-order valence-electron chi connectivity index (χ4n) is 4.43. The lowest BCUT2D eigenvalue weighted by Gasteiger charge is -2.33. The molecule has 25 heavy (non-hydrogen) atoms. The quantitative estimate of drug-likeness (QED) is 0.588. The molecule has 5 heteroatoms. The van der Waals surface area contributed by atoms with Gasteiger partial charge in [0.05, 0.1) is 11.4 Å². The largest absolute Gasteiger partial charge is 0.294 e. The van der Waals surface area contributed by atoms with Crippen LogP contribution in [-0.4, -0.2) is 26.7 Å². The SMILES string of the molecule is CC1(C)[C@@H]2CC[C@@]1(C)c1nc(SCCC(=O)c3ccccc3)nnc12. The Bertz CT molecular complexity index is 821. The average molecular weight is 353 g/mol. The van der Waals surface area contributed by atoms with Crippen LogP contribution in [0, 0.1) is 5.41 Å². The van der Waals surface area contributed by atoms with Gasteiger partial charge in [-0.25, -0.2) is 4.98 Å². The lowest BCUT2D eigenvalue weighted by Crippen LogP contribution is -2.32. The van der Waals surface area contributed by atoms with Crippen LogP contribution in [0.3, 0.4) is 0 Å². The highest BCUT2D eigenvalue weighted by Crippen LogP contribution is 2.66. The average Bonchev–Trinajstić information content (AvgIpc) is 2.95. The lowest BCUT2D eigenvalue weighted by atomic mass is 9.70. The van der Waals surface area contributed by atoms with Crippen molar-refractivity contribution in [3.05, 3.63) is 47.3 Å². The Morgan fingerprint density at radius 3 is 2.72 bits per heavy atom. The number of benzene rings is 1. The highest BCUT2D eigenvalue weighted by Gasteiger charge is 2.61. The molecule has 0 unspecified atom stereocenters. The van der Waals surface area contributed by atoms with Crippen molar-refractivity contribution in [2.75, 3.05) is 5.75 Å². The summed E-state index contributed by atoms with van der Waals surface area (Å²) in [7, 11) is 0. The van der Waals surface area contributed by atoms with Crippen molar-refractivity contribution in [1.82, 2.24) is 15.2 Å². The lowest BCUT2D eigenvalue weighted by molar-refractivity contribution is 0.0989. The molecule has 1 aromatic heterocycles. The zero-order valence-corrected chi connectivity index (χ0v) is 15.8. The Morgan fingerprint density at radius 2 is 1.96 bits per heavy atom. The first-order valence-corrected chi connectivity index (χ1v) is 9.88. The zero-order chi connectivity index (χ0) is 17.7. The molecule has 0 amide bonds. The molecule has 1 saturated carbocycles. The first-order chi connectivity index (χ1) is 11.9. The minimum absolute atomic E-state index is 0.0953. The fourth-order valence-corrected chi connectivity index (χ4v) is 5.15. The number of carbonyl (C=O) groups excluding carboxylic acids is 1. The number of fused-ring (bicyclic) bond motifs is 5. The molecule has 2 aliphatic rings. The Labute approximate surface area is 152 Å². The summed E-state index contributed by atoms with van der Waals surface area (Å²) in [4.78, 5) is 17.0. The number of Topliss-reactive ketones (excluding diaryl/α,β-unsaturated/α-hetero) is 1. The van der Waals surface area contributed by atoms with Crippen LogP contribution in [0.25, 0.3) is 0 Å². The monoisotopic (exact) mass is 353 g/mol. The molecule has 0 aliphatic heterocycles. The molecule has 2 aliphatic carbocycles. The molecular weight excluding hydrogens is 330 g/mol. The summed E-state index contributed by atoms with van der Waals surface area (Å²) in [5, 5.41) is 9.54. The number of hydrogen-bond acceptors (Lipinski definition) is 5. The molecule has 2 bridgehead atoms. The van der Waals surface area contributed by atoms with Crippen molar-refractivity contribution in [2.45, 2.75) is 56.5 Å². The van der Waals surface area contributed by atoms with E-state index in [-0.39, 0.29) is 16.6 Å². The van der Waals surface area contributed by atoms with Crippen molar-refractivity contribution in [3.8, 4) is 0 Å². The molecule has 4 nitrogen and oxygen atoms in total. The van der Waals surface area contributed by atoms with Gasteiger partial charge in [-0.2, -0.15) is 5.10 Å². The number of aromatic nitrogens is 3. The van der Waals surface area contributed by atoms with E-state index < -0.39 is 0 Å². The van der Waals surface area contributed by atoms with Gasteiger partial charge in [-0.1, -0.05) is 62.9 Å². The predicted octanol–water partition coefficient (Wildman–Crippen LogP) is 4.41. The van der Waals surface area contributed by atoms with Crippen LogP contribution in [-0.2, 0) is 5.41 Å². The van der Waals surface area contributed by atoms with Crippen LogP contribution in [0.4, 0.5) is 0 Å². The maximum absolute atomic E-state index is 12.2. The van der Waals surface area contributed by atoms with E-state index in [2.05, 4.69) is 31.0 Å². The third-order valence-electron chi connectivity index (χ3n) is 6.43. The van der Waals surface area contributed by atoms with Gasteiger partial charge in [-0.15, -0.1) is 5.10 Å². The molecule has 2 atom stereocenters. The molecule has 4 rings (SSSR count). The molecule has 130 valence electrons. The number of carbonyl (C=O) groups is 1. The smallest absolute Gasteiger partial charge is 0.209 e. The van der Waals surface area contributed by atoms with Gasteiger partial charge in [0.15, 0.2) is 5.78 Å². The van der Waals surface area contributed by atoms with Crippen LogP contribution in [0.15, 0.2) is 35.5 Å². The van der Waals surface area contributed by atoms with Crippen LogP contribution in [0.5, 0.6) is 0 Å². The summed E-state index contributed by atoms with van der Waals surface area (Å²) < 4.78 is 0. The van der Waals surface area contributed by atoms with Crippen LogP contribution >= 0.6 is 11.8 Å². The highest BCUT2D eigenvalue weighted by molar-refractivity contribution is 7.99. The van der Waals surface area contributed by atoms with E-state index in [1.54, 1.807) is 0 Å². The van der Waals surface area contributed by atoms with Crippen molar-refractivity contribution in [2.24, 2.45) is 5.41 Å². The molecule has 0 saturated heterocycles. The van der Waals surface area contributed by atoms with Gasteiger partial charge >= 0.3 is 0 Å². The summed E-state index contributed by atoms with van der Waals surface area (Å²) in [6, 6.07) is 9.43. The van der Waals surface area contributed by atoms with Gasteiger partial charge in [0.25, 0.3) is 0 Å². The number of hydrogen-bond donors (Lipinski definition) is 0. The van der Waals surface area contributed by atoms with E-state index in [1.807, 2.05) is 30.3 Å². The Morgan fingerprint density at radius 1 is 1.20 bits per heavy atom. The topological polar surface area (TPSA) is 55.7 Å².